The van der Waals surface area contributed by atoms with Crippen LogP contribution in [0.15, 0.2) is 18.2 Å². The van der Waals surface area contributed by atoms with Crippen molar-refractivity contribution in [2.24, 2.45) is 0 Å². The Labute approximate surface area is 104 Å². The Balaban J connectivity index is 2.52. The van der Waals surface area contributed by atoms with E-state index < -0.39 is 0 Å². The number of hydrogen-bond donors (Lipinski definition) is 0. The zero-order chi connectivity index (χ0) is 11.1. The van der Waals surface area contributed by atoms with E-state index in [1.807, 2.05) is 6.07 Å². The standard InChI is InChI=1S/C11H14BrClO2/c1-14-11-8-9(13)4-5-10(11)15-7-3-2-6-12/h4-5,8H,2-3,6-7H2,1H3. The van der Waals surface area contributed by atoms with Gasteiger partial charge < -0.3 is 9.47 Å². The molecule has 0 fully saturated rings. The number of rotatable bonds is 6. The molecule has 15 heavy (non-hydrogen) atoms. The van der Waals surface area contributed by atoms with Gasteiger partial charge in [0, 0.05) is 16.4 Å². The van der Waals surface area contributed by atoms with Crippen LogP contribution in [0, 0.1) is 0 Å². The first kappa shape index (κ1) is 12.7. The van der Waals surface area contributed by atoms with Crippen LogP contribution in [0.4, 0.5) is 0 Å². The Bertz CT molecular complexity index is 305. The second kappa shape index (κ2) is 6.96. The summed E-state index contributed by atoms with van der Waals surface area (Å²) in [4.78, 5) is 0. The minimum absolute atomic E-state index is 0.652. The summed E-state index contributed by atoms with van der Waals surface area (Å²) in [5, 5.41) is 1.66. The van der Waals surface area contributed by atoms with E-state index in [1.165, 1.54) is 0 Å². The normalized spacial score (nSPS) is 10.1. The molecule has 2 nitrogen and oxygen atoms in total. The van der Waals surface area contributed by atoms with Gasteiger partial charge in [0.25, 0.3) is 0 Å². The molecule has 1 aromatic carbocycles. The fourth-order valence-electron chi connectivity index (χ4n) is 1.14. The SMILES string of the molecule is COc1cc(Cl)ccc1OCCCCBr. The van der Waals surface area contributed by atoms with E-state index >= 15 is 0 Å². The average molecular weight is 294 g/mol. The molecule has 0 aliphatic heterocycles. The highest BCUT2D eigenvalue weighted by atomic mass is 79.9. The lowest BCUT2D eigenvalue weighted by molar-refractivity contribution is 0.289. The van der Waals surface area contributed by atoms with E-state index in [2.05, 4.69) is 15.9 Å². The van der Waals surface area contributed by atoms with E-state index in [0.29, 0.717) is 17.4 Å². The van der Waals surface area contributed by atoms with Gasteiger partial charge in [-0.15, -0.1) is 0 Å². The molecular weight excluding hydrogens is 279 g/mol. The van der Waals surface area contributed by atoms with Crippen molar-refractivity contribution >= 4 is 27.5 Å². The van der Waals surface area contributed by atoms with E-state index in [9.17, 15) is 0 Å². The summed E-state index contributed by atoms with van der Waals surface area (Å²) in [6.07, 6.45) is 2.13. The maximum atomic E-state index is 5.84. The van der Waals surface area contributed by atoms with Crippen molar-refractivity contribution < 1.29 is 9.47 Å². The Morgan fingerprint density at radius 2 is 2.07 bits per heavy atom. The highest BCUT2D eigenvalue weighted by Gasteiger charge is 2.04. The Morgan fingerprint density at radius 3 is 2.73 bits per heavy atom. The van der Waals surface area contributed by atoms with Gasteiger partial charge in [0.1, 0.15) is 0 Å². The summed E-state index contributed by atoms with van der Waals surface area (Å²) in [5.74, 6) is 1.43. The van der Waals surface area contributed by atoms with Crippen LogP contribution in [0.1, 0.15) is 12.8 Å². The predicted molar refractivity (Wildman–Crippen MR) is 66.5 cm³/mol. The number of halogens is 2. The lowest BCUT2D eigenvalue weighted by atomic mass is 10.3. The first-order chi connectivity index (χ1) is 7.27. The Kier molecular flexibility index (Phi) is 5.88. The molecule has 0 spiro atoms. The quantitative estimate of drug-likeness (QED) is 0.585. The molecule has 0 aliphatic carbocycles. The van der Waals surface area contributed by atoms with Crippen LogP contribution < -0.4 is 9.47 Å². The molecule has 0 bridgehead atoms. The molecule has 0 amide bonds. The highest BCUT2D eigenvalue weighted by molar-refractivity contribution is 9.09. The minimum Gasteiger partial charge on any atom is -0.493 e. The average Bonchev–Trinajstić information content (AvgIpc) is 2.26. The number of alkyl halides is 1. The van der Waals surface area contributed by atoms with Gasteiger partial charge in [0.05, 0.1) is 13.7 Å². The third kappa shape index (κ3) is 4.31. The van der Waals surface area contributed by atoms with Gasteiger partial charge in [-0.05, 0) is 25.0 Å². The molecule has 0 aliphatic rings. The third-order valence-electron chi connectivity index (χ3n) is 1.91. The first-order valence-corrected chi connectivity index (χ1v) is 6.30. The number of unbranched alkanes of at least 4 members (excludes halogenated alkanes) is 1. The number of benzene rings is 1. The van der Waals surface area contributed by atoms with Crippen LogP contribution in [-0.2, 0) is 0 Å². The topological polar surface area (TPSA) is 18.5 Å². The number of hydrogen-bond acceptors (Lipinski definition) is 2. The summed E-state index contributed by atoms with van der Waals surface area (Å²) < 4.78 is 10.7. The molecule has 0 saturated heterocycles. The predicted octanol–water partition coefficient (Wildman–Crippen LogP) is 3.90. The fourth-order valence-corrected chi connectivity index (χ4v) is 1.70. The van der Waals surface area contributed by atoms with Crippen LogP contribution >= 0.6 is 27.5 Å². The second-order valence-corrected chi connectivity index (χ2v) is 4.27. The lowest BCUT2D eigenvalue weighted by Gasteiger charge is -2.10. The van der Waals surface area contributed by atoms with Crippen LogP contribution in [-0.4, -0.2) is 19.0 Å². The van der Waals surface area contributed by atoms with E-state index in [0.717, 1.165) is 23.9 Å². The molecule has 1 rings (SSSR count). The second-order valence-electron chi connectivity index (χ2n) is 3.04. The summed E-state index contributed by atoms with van der Waals surface area (Å²) in [6, 6.07) is 5.38. The molecule has 0 radical (unpaired) electrons. The van der Waals surface area contributed by atoms with Crippen molar-refractivity contribution in [1.82, 2.24) is 0 Å². The monoisotopic (exact) mass is 292 g/mol. The Morgan fingerprint density at radius 1 is 1.27 bits per heavy atom. The van der Waals surface area contributed by atoms with Gasteiger partial charge in [-0.2, -0.15) is 0 Å². The van der Waals surface area contributed by atoms with Gasteiger partial charge in [-0.25, -0.2) is 0 Å². The van der Waals surface area contributed by atoms with E-state index in [-0.39, 0.29) is 0 Å². The molecule has 0 aromatic heterocycles. The maximum absolute atomic E-state index is 5.84. The molecule has 4 heteroatoms. The summed E-state index contributed by atoms with van der Waals surface area (Å²) in [7, 11) is 1.61. The van der Waals surface area contributed by atoms with Crippen molar-refractivity contribution in [2.75, 3.05) is 19.0 Å². The van der Waals surface area contributed by atoms with Crippen molar-refractivity contribution in [1.29, 1.82) is 0 Å². The maximum Gasteiger partial charge on any atom is 0.162 e. The van der Waals surface area contributed by atoms with Crippen molar-refractivity contribution in [3.63, 3.8) is 0 Å². The van der Waals surface area contributed by atoms with Crippen LogP contribution in [0.2, 0.25) is 5.02 Å². The molecule has 1 aromatic rings. The van der Waals surface area contributed by atoms with E-state index in [1.54, 1.807) is 19.2 Å². The van der Waals surface area contributed by atoms with Gasteiger partial charge >= 0.3 is 0 Å². The van der Waals surface area contributed by atoms with Crippen LogP contribution in [0.5, 0.6) is 11.5 Å². The summed E-state index contributed by atoms with van der Waals surface area (Å²) in [5.41, 5.74) is 0. The lowest BCUT2D eigenvalue weighted by Crippen LogP contribution is -1.99. The molecule has 0 saturated carbocycles. The minimum atomic E-state index is 0.652. The molecule has 0 unspecified atom stereocenters. The zero-order valence-electron chi connectivity index (χ0n) is 8.63. The van der Waals surface area contributed by atoms with Gasteiger partial charge in [-0.1, -0.05) is 27.5 Å². The van der Waals surface area contributed by atoms with Crippen molar-refractivity contribution in [3.05, 3.63) is 23.2 Å². The fraction of sp³-hybridized carbons (Fsp3) is 0.455. The number of ether oxygens (including phenoxy) is 2. The van der Waals surface area contributed by atoms with Crippen molar-refractivity contribution in [3.8, 4) is 11.5 Å². The number of methoxy groups -OCH3 is 1. The van der Waals surface area contributed by atoms with Crippen molar-refractivity contribution in [2.45, 2.75) is 12.8 Å². The largest absolute Gasteiger partial charge is 0.493 e. The molecule has 0 atom stereocenters. The van der Waals surface area contributed by atoms with Crippen LogP contribution in [0.3, 0.4) is 0 Å². The van der Waals surface area contributed by atoms with Gasteiger partial charge in [0.2, 0.25) is 0 Å². The smallest absolute Gasteiger partial charge is 0.162 e. The molecule has 0 heterocycles. The molecular formula is C11H14BrClO2. The molecule has 84 valence electrons. The highest BCUT2D eigenvalue weighted by Crippen LogP contribution is 2.29. The zero-order valence-corrected chi connectivity index (χ0v) is 11.0. The van der Waals surface area contributed by atoms with E-state index in [4.69, 9.17) is 21.1 Å². The molecule has 0 N–H and O–H groups in total. The Hall–Kier alpha value is -0.410. The van der Waals surface area contributed by atoms with Gasteiger partial charge in [-0.3, -0.25) is 0 Å². The first-order valence-electron chi connectivity index (χ1n) is 4.80. The van der Waals surface area contributed by atoms with Crippen LogP contribution in [0.25, 0.3) is 0 Å². The summed E-state index contributed by atoms with van der Waals surface area (Å²) in [6.45, 7) is 0.698. The third-order valence-corrected chi connectivity index (χ3v) is 2.71. The van der Waals surface area contributed by atoms with Gasteiger partial charge in [0.15, 0.2) is 11.5 Å². The summed E-state index contributed by atoms with van der Waals surface area (Å²) >= 11 is 9.21.